The average molecular weight is 388 g/mol. The highest BCUT2D eigenvalue weighted by Gasteiger charge is 2.32. The monoisotopic (exact) mass is 387 g/mol. The fraction of sp³-hybridized carbons (Fsp3) is 0.350. The van der Waals surface area contributed by atoms with E-state index in [1.807, 2.05) is 30.0 Å². The molecule has 1 aliphatic carbocycles. The molecule has 7 heteroatoms. The van der Waals surface area contributed by atoms with Crippen LogP contribution in [-0.4, -0.2) is 32.4 Å². The molecule has 1 fully saturated rings. The van der Waals surface area contributed by atoms with Gasteiger partial charge in [0.2, 0.25) is 10.0 Å². The van der Waals surface area contributed by atoms with Crippen LogP contribution in [0.2, 0.25) is 0 Å². The number of rotatable bonds is 6. The summed E-state index contributed by atoms with van der Waals surface area (Å²) in [5.74, 6) is 0. The van der Waals surface area contributed by atoms with Crippen molar-refractivity contribution in [2.45, 2.75) is 44.2 Å². The SMILES string of the molecule is CNS(=O)(=O)c1cc(NC(=O)N(Cc2cccc(C)c2)C2CC2)ccc1C. The predicted octanol–water partition coefficient (Wildman–Crippen LogP) is 3.41. The molecule has 0 aromatic heterocycles. The molecule has 27 heavy (non-hydrogen) atoms. The molecular weight excluding hydrogens is 362 g/mol. The lowest BCUT2D eigenvalue weighted by molar-refractivity contribution is 0.206. The molecule has 0 saturated heterocycles. The standard InChI is InChI=1S/C20H25N3O3S/c1-14-5-4-6-16(11-14)13-23(18-9-10-18)20(24)22-17-8-7-15(2)19(12-17)27(25,26)21-3/h4-8,11-12,18,21H,9-10,13H2,1-3H3,(H,22,24). The summed E-state index contributed by atoms with van der Waals surface area (Å²) in [7, 11) is -2.21. The highest BCUT2D eigenvalue weighted by atomic mass is 32.2. The zero-order valence-electron chi connectivity index (χ0n) is 15.8. The molecule has 0 aliphatic heterocycles. The number of nitrogens with zero attached hydrogens (tertiary/aromatic N) is 1. The maximum atomic E-state index is 12.8. The number of amides is 2. The molecule has 0 radical (unpaired) electrons. The van der Waals surface area contributed by atoms with Crippen molar-refractivity contribution in [3.63, 3.8) is 0 Å². The Labute approximate surface area is 160 Å². The van der Waals surface area contributed by atoms with Crippen LogP contribution in [0.4, 0.5) is 10.5 Å². The van der Waals surface area contributed by atoms with E-state index in [1.165, 1.54) is 13.1 Å². The van der Waals surface area contributed by atoms with Gasteiger partial charge in [0.1, 0.15) is 0 Å². The summed E-state index contributed by atoms with van der Waals surface area (Å²) >= 11 is 0. The minimum Gasteiger partial charge on any atom is -0.317 e. The summed E-state index contributed by atoms with van der Waals surface area (Å²) in [5, 5.41) is 2.86. The van der Waals surface area contributed by atoms with Crippen LogP contribution in [-0.2, 0) is 16.6 Å². The van der Waals surface area contributed by atoms with Crippen molar-refractivity contribution in [1.82, 2.24) is 9.62 Å². The second kappa shape index (κ2) is 7.70. The van der Waals surface area contributed by atoms with E-state index in [-0.39, 0.29) is 17.0 Å². The largest absolute Gasteiger partial charge is 0.322 e. The first-order valence-electron chi connectivity index (χ1n) is 8.97. The van der Waals surface area contributed by atoms with Crippen molar-refractivity contribution in [2.75, 3.05) is 12.4 Å². The fourth-order valence-corrected chi connectivity index (χ4v) is 4.03. The van der Waals surface area contributed by atoms with Gasteiger partial charge in [0.25, 0.3) is 0 Å². The number of anilines is 1. The molecular formula is C20H25N3O3S. The first-order valence-corrected chi connectivity index (χ1v) is 10.5. The average Bonchev–Trinajstić information content (AvgIpc) is 3.46. The summed E-state index contributed by atoms with van der Waals surface area (Å²) in [6.07, 6.45) is 1.99. The van der Waals surface area contributed by atoms with E-state index in [2.05, 4.69) is 16.1 Å². The quantitative estimate of drug-likeness (QED) is 0.797. The second-order valence-corrected chi connectivity index (χ2v) is 8.82. The molecule has 3 rings (SSSR count). The maximum Gasteiger partial charge on any atom is 0.322 e. The lowest BCUT2D eigenvalue weighted by Gasteiger charge is -2.23. The third kappa shape index (κ3) is 4.67. The number of carbonyl (C=O) groups is 1. The van der Waals surface area contributed by atoms with Crippen LogP contribution in [0.15, 0.2) is 47.4 Å². The Hall–Kier alpha value is -2.38. The van der Waals surface area contributed by atoms with Crippen molar-refractivity contribution in [3.8, 4) is 0 Å². The fourth-order valence-electron chi connectivity index (χ4n) is 3.03. The van der Waals surface area contributed by atoms with Crippen molar-refractivity contribution >= 4 is 21.7 Å². The summed E-state index contributed by atoms with van der Waals surface area (Å²) in [5.41, 5.74) is 3.33. The van der Waals surface area contributed by atoms with Gasteiger partial charge in [0.15, 0.2) is 0 Å². The summed E-state index contributed by atoms with van der Waals surface area (Å²) in [4.78, 5) is 14.8. The molecule has 2 N–H and O–H groups in total. The molecule has 144 valence electrons. The molecule has 2 aromatic carbocycles. The number of hydrogen-bond acceptors (Lipinski definition) is 3. The molecule has 0 atom stereocenters. The van der Waals surface area contributed by atoms with Crippen molar-refractivity contribution in [2.24, 2.45) is 0 Å². The van der Waals surface area contributed by atoms with E-state index in [0.717, 1.165) is 24.0 Å². The summed E-state index contributed by atoms with van der Waals surface area (Å²) in [6, 6.07) is 13.0. The van der Waals surface area contributed by atoms with Crippen LogP contribution in [0.25, 0.3) is 0 Å². The van der Waals surface area contributed by atoms with E-state index in [4.69, 9.17) is 0 Å². The molecule has 6 nitrogen and oxygen atoms in total. The third-order valence-corrected chi connectivity index (χ3v) is 6.24. The Bertz CT molecular complexity index is 953. The summed E-state index contributed by atoms with van der Waals surface area (Å²) < 4.78 is 26.6. The normalized spacial score (nSPS) is 14.0. The molecule has 0 spiro atoms. The Morgan fingerprint density at radius 3 is 2.52 bits per heavy atom. The van der Waals surface area contributed by atoms with E-state index >= 15 is 0 Å². The molecule has 0 unspecified atom stereocenters. The number of hydrogen-bond donors (Lipinski definition) is 2. The van der Waals surface area contributed by atoms with Gasteiger partial charge in [-0.2, -0.15) is 0 Å². The third-order valence-electron chi connectivity index (χ3n) is 4.68. The van der Waals surface area contributed by atoms with Gasteiger partial charge in [-0.15, -0.1) is 0 Å². The van der Waals surface area contributed by atoms with Crippen LogP contribution < -0.4 is 10.0 Å². The van der Waals surface area contributed by atoms with Gasteiger partial charge < -0.3 is 10.2 Å². The number of benzene rings is 2. The van der Waals surface area contributed by atoms with E-state index in [1.54, 1.807) is 19.1 Å². The predicted molar refractivity (Wildman–Crippen MR) is 106 cm³/mol. The van der Waals surface area contributed by atoms with Crippen LogP contribution in [0.3, 0.4) is 0 Å². The molecule has 0 heterocycles. The van der Waals surface area contributed by atoms with Gasteiger partial charge >= 0.3 is 6.03 Å². The number of aryl methyl sites for hydroxylation is 2. The number of nitrogens with one attached hydrogen (secondary N) is 2. The van der Waals surface area contributed by atoms with Crippen LogP contribution in [0.5, 0.6) is 0 Å². The number of carbonyl (C=O) groups excluding carboxylic acids is 1. The Morgan fingerprint density at radius 1 is 1.15 bits per heavy atom. The van der Waals surface area contributed by atoms with Gasteiger partial charge in [-0.05, 0) is 57.0 Å². The first kappa shape index (κ1) is 19.4. The number of sulfonamides is 1. The smallest absolute Gasteiger partial charge is 0.317 e. The van der Waals surface area contributed by atoms with Crippen molar-refractivity contribution in [3.05, 3.63) is 59.2 Å². The topological polar surface area (TPSA) is 78.5 Å². The van der Waals surface area contributed by atoms with Crippen molar-refractivity contribution in [1.29, 1.82) is 0 Å². The van der Waals surface area contributed by atoms with Gasteiger partial charge in [0.05, 0.1) is 4.90 Å². The van der Waals surface area contributed by atoms with Crippen LogP contribution in [0, 0.1) is 13.8 Å². The van der Waals surface area contributed by atoms with Crippen LogP contribution in [0.1, 0.15) is 29.5 Å². The molecule has 2 amide bonds. The second-order valence-electron chi connectivity index (χ2n) is 6.97. The zero-order valence-corrected chi connectivity index (χ0v) is 16.6. The highest BCUT2D eigenvalue weighted by molar-refractivity contribution is 7.89. The maximum absolute atomic E-state index is 12.8. The van der Waals surface area contributed by atoms with Gasteiger partial charge in [0, 0.05) is 18.3 Å². The van der Waals surface area contributed by atoms with Gasteiger partial charge in [-0.3, -0.25) is 0 Å². The lowest BCUT2D eigenvalue weighted by Crippen LogP contribution is -2.36. The van der Waals surface area contributed by atoms with Crippen molar-refractivity contribution < 1.29 is 13.2 Å². The zero-order chi connectivity index (χ0) is 19.6. The van der Waals surface area contributed by atoms with E-state index in [9.17, 15) is 13.2 Å². The van der Waals surface area contributed by atoms with Gasteiger partial charge in [-0.25, -0.2) is 17.9 Å². The van der Waals surface area contributed by atoms with E-state index in [0.29, 0.717) is 17.8 Å². The highest BCUT2D eigenvalue weighted by Crippen LogP contribution is 2.29. The Morgan fingerprint density at radius 2 is 1.89 bits per heavy atom. The first-order chi connectivity index (χ1) is 12.8. The molecule has 1 saturated carbocycles. The molecule has 1 aliphatic rings. The molecule has 2 aromatic rings. The van der Waals surface area contributed by atoms with Crippen LogP contribution >= 0.6 is 0 Å². The van der Waals surface area contributed by atoms with E-state index < -0.39 is 10.0 Å². The minimum atomic E-state index is -3.58. The lowest BCUT2D eigenvalue weighted by atomic mass is 10.1. The number of urea groups is 1. The van der Waals surface area contributed by atoms with Gasteiger partial charge in [-0.1, -0.05) is 35.9 Å². The summed E-state index contributed by atoms with van der Waals surface area (Å²) in [6.45, 7) is 4.29. The Balaban J connectivity index is 1.79. The Kier molecular flexibility index (Phi) is 5.53. The minimum absolute atomic E-state index is 0.166. The molecule has 0 bridgehead atoms.